The molecule has 6 heteroatoms. The van der Waals surface area contributed by atoms with Gasteiger partial charge in [-0.1, -0.05) is 54.1 Å². The van der Waals surface area contributed by atoms with Crippen LogP contribution in [0.5, 0.6) is 0 Å². The molecule has 0 atom stereocenters. The topological polar surface area (TPSA) is 64.0 Å². The zero-order valence-corrected chi connectivity index (χ0v) is 17.3. The summed E-state index contributed by atoms with van der Waals surface area (Å²) in [5, 5.41) is 7.84. The van der Waals surface area contributed by atoms with Crippen molar-refractivity contribution in [3.63, 3.8) is 0 Å². The van der Waals surface area contributed by atoms with Crippen LogP contribution in [0.1, 0.15) is 11.1 Å². The van der Waals surface area contributed by atoms with Crippen LogP contribution in [0.4, 0.5) is 5.69 Å². The largest absolute Gasteiger partial charge is 0.324 e. The first-order valence-corrected chi connectivity index (χ1v) is 10.3. The maximum Gasteiger partial charge on any atom is 0.267 e. The molecule has 1 aliphatic rings. The number of rotatable bonds is 4. The average molecular weight is 428 g/mol. The molecule has 0 spiro atoms. The molecule has 1 aromatic heterocycles. The highest BCUT2D eigenvalue weighted by Crippen LogP contribution is 2.37. The van der Waals surface area contributed by atoms with E-state index in [1.165, 1.54) is 33.0 Å². The van der Waals surface area contributed by atoms with Crippen LogP contribution >= 0.6 is 11.6 Å². The summed E-state index contributed by atoms with van der Waals surface area (Å²) in [6.45, 7) is -0.169. The fourth-order valence-corrected chi connectivity index (χ4v) is 4.02. The fraction of sp³-hybridized carbons (Fsp3) is 0.0800. The molecule has 3 aromatic carbocycles. The number of benzene rings is 3. The molecule has 5 rings (SSSR count). The third kappa shape index (κ3) is 3.88. The number of nitrogens with zero attached hydrogens (tertiary/aromatic N) is 2. The lowest BCUT2D eigenvalue weighted by atomic mass is 10.1. The number of amides is 1. The van der Waals surface area contributed by atoms with E-state index in [1.54, 1.807) is 18.2 Å². The highest BCUT2D eigenvalue weighted by atomic mass is 35.5. The number of aromatic nitrogens is 2. The first-order chi connectivity index (χ1) is 15.1. The SMILES string of the molecule is O=C(Cn1nc(-c2ccc(Cl)cc2)ccc1=O)Nc1ccc2c(c1)Cc1ccccc1-2. The average Bonchev–Trinajstić information content (AvgIpc) is 3.13. The zero-order valence-electron chi connectivity index (χ0n) is 16.5. The minimum atomic E-state index is -0.336. The second-order valence-corrected chi connectivity index (χ2v) is 7.91. The molecule has 5 nitrogen and oxygen atoms in total. The van der Waals surface area contributed by atoms with Gasteiger partial charge >= 0.3 is 0 Å². The van der Waals surface area contributed by atoms with E-state index in [1.807, 2.05) is 42.5 Å². The van der Waals surface area contributed by atoms with Crippen LogP contribution in [0, 0.1) is 0 Å². The van der Waals surface area contributed by atoms with Crippen LogP contribution in [-0.2, 0) is 17.8 Å². The van der Waals surface area contributed by atoms with E-state index in [2.05, 4.69) is 22.5 Å². The summed E-state index contributed by atoms with van der Waals surface area (Å²) in [5.41, 5.74) is 6.69. The van der Waals surface area contributed by atoms with E-state index in [0.717, 1.165) is 12.0 Å². The zero-order chi connectivity index (χ0) is 21.4. The second-order valence-electron chi connectivity index (χ2n) is 7.48. The summed E-state index contributed by atoms with van der Waals surface area (Å²) < 4.78 is 1.17. The summed E-state index contributed by atoms with van der Waals surface area (Å²) in [6.07, 6.45) is 0.847. The number of anilines is 1. The van der Waals surface area contributed by atoms with E-state index in [9.17, 15) is 9.59 Å². The van der Waals surface area contributed by atoms with Crippen LogP contribution in [0.15, 0.2) is 83.7 Å². The first-order valence-electron chi connectivity index (χ1n) is 9.92. The maximum absolute atomic E-state index is 12.6. The number of hydrogen-bond donors (Lipinski definition) is 1. The number of nitrogens with one attached hydrogen (secondary N) is 1. The van der Waals surface area contributed by atoms with Gasteiger partial charge in [0.25, 0.3) is 5.56 Å². The highest BCUT2D eigenvalue weighted by Gasteiger charge is 2.18. The lowest BCUT2D eigenvalue weighted by molar-refractivity contribution is -0.117. The van der Waals surface area contributed by atoms with Gasteiger partial charge in [-0.2, -0.15) is 5.10 Å². The van der Waals surface area contributed by atoms with E-state index in [0.29, 0.717) is 16.4 Å². The molecule has 1 heterocycles. The molecule has 31 heavy (non-hydrogen) atoms. The second kappa shape index (κ2) is 7.85. The molecule has 0 aliphatic heterocycles. The number of halogens is 1. The van der Waals surface area contributed by atoms with Crippen LogP contribution in [0.25, 0.3) is 22.4 Å². The predicted octanol–water partition coefficient (Wildman–Crippen LogP) is 4.77. The molecule has 0 fully saturated rings. The Morgan fingerprint density at radius 1 is 0.935 bits per heavy atom. The van der Waals surface area contributed by atoms with Crippen molar-refractivity contribution in [3.8, 4) is 22.4 Å². The van der Waals surface area contributed by atoms with E-state index >= 15 is 0 Å². The molecule has 0 radical (unpaired) electrons. The van der Waals surface area contributed by atoms with E-state index < -0.39 is 0 Å². The number of carbonyl (C=O) groups is 1. The molecule has 1 amide bonds. The van der Waals surface area contributed by atoms with Gasteiger partial charge in [-0.3, -0.25) is 9.59 Å². The molecule has 0 unspecified atom stereocenters. The summed E-state index contributed by atoms with van der Waals surface area (Å²) in [7, 11) is 0. The summed E-state index contributed by atoms with van der Waals surface area (Å²) >= 11 is 5.93. The summed E-state index contributed by atoms with van der Waals surface area (Å²) in [5.74, 6) is -0.307. The fourth-order valence-electron chi connectivity index (χ4n) is 3.90. The molecule has 0 saturated carbocycles. The molecular formula is C25H18ClN3O2. The van der Waals surface area contributed by atoms with Crippen LogP contribution in [0.3, 0.4) is 0 Å². The molecule has 0 saturated heterocycles. The number of carbonyl (C=O) groups excluding carboxylic acids is 1. The van der Waals surface area contributed by atoms with Gasteiger partial charge in [-0.25, -0.2) is 4.68 Å². The van der Waals surface area contributed by atoms with Gasteiger partial charge in [0.2, 0.25) is 5.91 Å². The quantitative estimate of drug-likeness (QED) is 0.449. The molecule has 4 aromatic rings. The summed E-state index contributed by atoms with van der Waals surface area (Å²) in [4.78, 5) is 24.8. The summed E-state index contributed by atoms with van der Waals surface area (Å²) in [6, 6.07) is 24.4. The van der Waals surface area contributed by atoms with E-state index in [-0.39, 0.29) is 18.0 Å². The predicted molar refractivity (Wildman–Crippen MR) is 122 cm³/mol. The van der Waals surface area contributed by atoms with Crippen LogP contribution in [-0.4, -0.2) is 15.7 Å². The van der Waals surface area contributed by atoms with Crippen molar-refractivity contribution in [1.29, 1.82) is 0 Å². The Hall–Kier alpha value is -3.70. The van der Waals surface area contributed by atoms with Gasteiger partial charge in [0.05, 0.1) is 5.69 Å². The maximum atomic E-state index is 12.6. The van der Waals surface area contributed by atoms with Gasteiger partial charge in [0.1, 0.15) is 6.54 Å². The van der Waals surface area contributed by atoms with Gasteiger partial charge in [0.15, 0.2) is 0 Å². The highest BCUT2D eigenvalue weighted by molar-refractivity contribution is 6.30. The third-order valence-corrected chi connectivity index (χ3v) is 5.63. The Balaban J connectivity index is 1.33. The van der Waals surface area contributed by atoms with Crippen molar-refractivity contribution < 1.29 is 4.79 Å². The Morgan fingerprint density at radius 2 is 1.71 bits per heavy atom. The first kappa shape index (κ1) is 19.3. The third-order valence-electron chi connectivity index (χ3n) is 5.38. The van der Waals surface area contributed by atoms with Gasteiger partial charge in [-0.05, 0) is 59.0 Å². The molecule has 152 valence electrons. The molecular weight excluding hydrogens is 410 g/mol. The Morgan fingerprint density at radius 3 is 2.55 bits per heavy atom. The van der Waals surface area contributed by atoms with Crippen molar-refractivity contribution in [2.75, 3.05) is 5.32 Å². The van der Waals surface area contributed by atoms with Crippen molar-refractivity contribution in [2.45, 2.75) is 13.0 Å². The van der Waals surface area contributed by atoms with Gasteiger partial charge < -0.3 is 5.32 Å². The van der Waals surface area contributed by atoms with Crippen molar-refractivity contribution >= 4 is 23.2 Å². The van der Waals surface area contributed by atoms with Gasteiger partial charge in [0, 0.05) is 22.3 Å². The minimum absolute atomic E-state index is 0.169. The minimum Gasteiger partial charge on any atom is -0.324 e. The number of hydrogen-bond acceptors (Lipinski definition) is 3. The van der Waals surface area contributed by atoms with Crippen molar-refractivity contribution in [1.82, 2.24) is 9.78 Å². The standard InChI is InChI=1S/C25H18ClN3O2/c26-19-7-5-16(6-8-19)23-11-12-25(31)29(28-23)15-24(30)27-20-9-10-22-18(14-20)13-17-3-1-2-4-21(17)22/h1-12,14H,13,15H2,(H,27,30). The molecule has 0 bridgehead atoms. The van der Waals surface area contributed by atoms with E-state index in [4.69, 9.17) is 11.6 Å². The normalized spacial score (nSPS) is 11.6. The Bertz CT molecular complexity index is 1360. The Kier molecular flexibility index (Phi) is 4.88. The number of fused-ring (bicyclic) bond motifs is 3. The van der Waals surface area contributed by atoms with Crippen LogP contribution < -0.4 is 10.9 Å². The lowest BCUT2D eigenvalue weighted by Gasteiger charge is -2.10. The monoisotopic (exact) mass is 427 g/mol. The van der Waals surface area contributed by atoms with Gasteiger partial charge in [-0.15, -0.1) is 0 Å². The van der Waals surface area contributed by atoms with Crippen LogP contribution in [0.2, 0.25) is 5.02 Å². The van der Waals surface area contributed by atoms with Crippen molar-refractivity contribution in [3.05, 3.63) is 105 Å². The van der Waals surface area contributed by atoms with Crippen molar-refractivity contribution in [2.24, 2.45) is 0 Å². The molecule has 1 aliphatic carbocycles. The molecule has 1 N–H and O–H groups in total. The Labute approximate surface area is 183 Å². The lowest BCUT2D eigenvalue weighted by Crippen LogP contribution is -2.29. The smallest absolute Gasteiger partial charge is 0.267 e.